The SMILES string of the molecule is O=C(O)c1cc(F)c(F)cc1Br.OCc1cc(F)c(F)cc1Br. The number of rotatable bonds is 2. The van der Waals surface area contributed by atoms with Crippen LogP contribution in [-0.2, 0) is 6.61 Å². The first-order valence-electron chi connectivity index (χ1n) is 5.79. The standard InChI is InChI=1S/C7H3BrF2O2.C7H5BrF2O/c8-4-2-6(10)5(9)1-3(4)7(11)12;8-5-2-7(10)6(9)1-4(5)3-11/h1-2H,(H,11,12);1-2,11H,3H2. The minimum atomic E-state index is -1.30. The summed E-state index contributed by atoms with van der Waals surface area (Å²) < 4.78 is 50.1. The monoisotopic (exact) mass is 458 g/mol. The van der Waals surface area contributed by atoms with Crippen LogP contribution in [0.15, 0.2) is 33.2 Å². The summed E-state index contributed by atoms with van der Waals surface area (Å²) in [5, 5.41) is 17.1. The maximum atomic E-state index is 12.5. The van der Waals surface area contributed by atoms with Gasteiger partial charge in [-0.1, -0.05) is 15.9 Å². The van der Waals surface area contributed by atoms with Gasteiger partial charge < -0.3 is 10.2 Å². The Morgan fingerprint density at radius 1 is 0.870 bits per heavy atom. The van der Waals surface area contributed by atoms with Crippen molar-refractivity contribution in [1.29, 1.82) is 0 Å². The zero-order chi connectivity index (χ0) is 17.7. The molecule has 0 aliphatic heterocycles. The smallest absolute Gasteiger partial charge is 0.336 e. The Bertz CT molecular complexity index is 738. The van der Waals surface area contributed by atoms with Crippen LogP contribution in [0.4, 0.5) is 17.6 Å². The third-order valence-corrected chi connectivity index (χ3v) is 3.89. The first kappa shape index (κ1) is 19.6. The molecule has 0 fully saturated rings. The van der Waals surface area contributed by atoms with Gasteiger partial charge in [0.1, 0.15) is 0 Å². The van der Waals surface area contributed by atoms with E-state index < -0.39 is 29.2 Å². The molecular formula is C14H8Br2F4O3. The molecule has 0 saturated heterocycles. The van der Waals surface area contributed by atoms with Crippen molar-refractivity contribution in [1.82, 2.24) is 0 Å². The molecule has 0 atom stereocenters. The van der Waals surface area contributed by atoms with Crippen LogP contribution in [-0.4, -0.2) is 16.2 Å². The van der Waals surface area contributed by atoms with Crippen LogP contribution in [0.2, 0.25) is 0 Å². The summed E-state index contributed by atoms with van der Waals surface area (Å²) in [7, 11) is 0. The Balaban J connectivity index is 0.000000231. The molecule has 0 aliphatic carbocycles. The van der Waals surface area contributed by atoms with E-state index in [9.17, 15) is 22.4 Å². The Labute approximate surface area is 144 Å². The van der Waals surface area contributed by atoms with Gasteiger partial charge in [-0.3, -0.25) is 0 Å². The molecule has 0 bridgehead atoms. The van der Waals surface area contributed by atoms with Gasteiger partial charge in [0.15, 0.2) is 23.3 Å². The van der Waals surface area contributed by atoms with Crippen molar-refractivity contribution in [3.63, 3.8) is 0 Å². The number of hydrogen-bond acceptors (Lipinski definition) is 2. The van der Waals surface area contributed by atoms with Crippen molar-refractivity contribution in [2.24, 2.45) is 0 Å². The summed E-state index contributed by atoms with van der Waals surface area (Å²) in [4.78, 5) is 10.4. The van der Waals surface area contributed by atoms with Gasteiger partial charge in [-0.25, -0.2) is 22.4 Å². The van der Waals surface area contributed by atoms with Crippen molar-refractivity contribution in [3.05, 3.63) is 67.6 Å². The molecule has 0 spiro atoms. The van der Waals surface area contributed by atoms with E-state index in [1.165, 1.54) is 0 Å². The van der Waals surface area contributed by atoms with Crippen LogP contribution >= 0.6 is 31.9 Å². The van der Waals surface area contributed by atoms with E-state index in [1.807, 2.05) is 0 Å². The van der Waals surface area contributed by atoms with E-state index in [0.717, 1.165) is 18.2 Å². The first-order valence-corrected chi connectivity index (χ1v) is 7.38. The lowest BCUT2D eigenvalue weighted by Gasteiger charge is -2.00. The molecule has 0 aliphatic rings. The number of carboxylic acids is 1. The summed E-state index contributed by atoms with van der Waals surface area (Å²) in [6.45, 7) is -0.308. The van der Waals surface area contributed by atoms with Crippen LogP contribution in [0, 0.1) is 23.3 Å². The second kappa shape index (κ2) is 8.42. The van der Waals surface area contributed by atoms with Crippen molar-refractivity contribution >= 4 is 37.8 Å². The van der Waals surface area contributed by atoms with Crippen molar-refractivity contribution in [2.75, 3.05) is 0 Å². The number of aliphatic hydroxyl groups is 1. The predicted molar refractivity (Wildman–Crippen MR) is 81.0 cm³/mol. The lowest BCUT2D eigenvalue weighted by Crippen LogP contribution is -1.99. The molecule has 0 saturated carbocycles. The predicted octanol–water partition coefficient (Wildman–Crippen LogP) is 4.65. The number of aromatic carboxylic acids is 1. The van der Waals surface area contributed by atoms with Gasteiger partial charge in [0, 0.05) is 8.95 Å². The van der Waals surface area contributed by atoms with Crippen molar-refractivity contribution in [2.45, 2.75) is 6.61 Å². The molecule has 0 heterocycles. The molecule has 2 rings (SSSR count). The van der Waals surface area contributed by atoms with Gasteiger partial charge in [0.25, 0.3) is 0 Å². The first-order chi connectivity index (χ1) is 10.7. The van der Waals surface area contributed by atoms with Gasteiger partial charge in [-0.2, -0.15) is 0 Å². The maximum absolute atomic E-state index is 12.5. The molecule has 0 aromatic heterocycles. The summed E-state index contributed by atoms with van der Waals surface area (Å²) in [5.74, 6) is -5.42. The van der Waals surface area contributed by atoms with E-state index >= 15 is 0 Å². The Morgan fingerprint density at radius 2 is 1.30 bits per heavy atom. The molecule has 0 radical (unpaired) electrons. The summed E-state index contributed by atoms with van der Waals surface area (Å²) >= 11 is 5.77. The second-order valence-electron chi connectivity index (χ2n) is 4.07. The molecule has 0 unspecified atom stereocenters. The largest absolute Gasteiger partial charge is 0.478 e. The Hall–Kier alpha value is -1.45. The van der Waals surface area contributed by atoms with Crippen LogP contribution in [0.5, 0.6) is 0 Å². The minimum Gasteiger partial charge on any atom is -0.478 e. The normalized spacial score (nSPS) is 10.0. The molecule has 2 aromatic rings. The number of hydrogen-bond donors (Lipinski definition) is 2. The van der Waals surface area contributed by atoms with Gasteiger partial charge in [0.2, 0.25) is 0 Å². The number of carboxylic acid groups (broad SMARTS) is 1. The fraction of sp³-hybridized carbons (Fsp3) is 0.0714. The van der Waals surface area contributed by atoms with Crippen molar-refractivity contribution in [3.8, 4) is 0 Å². The van der Waals surface area contributed by atoms with Crippen LogP contribution in [0.1, 0.15) is 15.9 Å². The van der Waals surface area contributed by atoms with Gasteiger partial charge in [0.05, 0.1) is 12.2 Å². The van der Waals surface area contributed by atoms with Crippen LogP contribution in [0.3, 0.4) is 0 Å². The van der Waals surface area contributed by atoms with Crippen LogP contribution < -0.4 is 0 Å². The highest BCUT2D eigenvalue weighted by atomic mass is 79.9. The molecule has 3 nitrogen and oxygen atoms in total. The lowest BCUT2D eigenvalue weighted by molar-refractivity contribution is 0.0695. The Kier molecular flexibility index (Phi) is 7.17. The third-order valence-electron chi connectivity index (χ3n) is 2.50. The average Bonchev–Trinajstić information content (AvgIpc) is 2.47. The molecule has 124 valence electrons. The van der Waals surface area contributed by atoms with E-state index in [2.05, 4.69) is 31.9 Å². The van der Waals surface area contributed by atoms with Gasteiger partial charge >= 0.3 is 5.97 Å². The highest BCUT2D eigenvalue weighted by molar-refractivity contribution is 9.10. The average molecular weight is 460 g/mol. The highest BCUT2D eigenvalue weighted by Gasteiger charge is 2.12. The summed E-state index contributed by atoms with van der Waals surface area (Å²) in [6.07, 6.45) is 0. The number of aliphatic hydroxyl groups excluding tert-OH is 1. The quantitative estimate of drug-likeness (QED) is 0.508. The summed E-state index contributed by atoms with van der Waals surface area (Å²) in [6, 6.07) is 3.35. The van der Waals surface area contributed by atoms with E-state index in [1.54, 1.807) is 0 Å². The fourth-order valence-electron chi connectivity index (χ4n) is 1.37. The van der Waals surface area contributed by atoms with Gasteiger partial charge in [-0.15, -0.1) is 0 Å². The zero-order valence-corrected chi connectivity index (χ0v) is 14.3. The fourth-order valence-corrected chi connectivity index (χ4v) is 2.30. The zero-order valence-electron chi connectivity index (χ0n) is 11.1. The van der Waals surface area contributed by atoms with E-state index in [4.69, 9.17) is 10.2 Å². The van der Waals surface area contributed by atoms with E-state index in [-0.39, 0.29) is 16.6 Å². The minimum absolute atomic E-state index is 0.0221. The molecule has 0 amide bonds. The highest BCUT2D eigenvalue weighted by Crippen LogP contribution is 2.21. The lowest BCUT2D eigenvalue weighted by atomic mass is 10.2. The summed E-state index contributed by atoms with van der Waals surface area (Å²) in [5.41, 5.74) is 0.0396. The van der Waals surface area contributed by atoms with Crippen LogP contribution in [0.25, 0.3) is 0 Å². The number of benzene rings is 2. The molecular weight excluding hydrogens is 452 g/mol. The topological polar surface area (TPSA) is 57.5 Å². The molecule has 23 heavy (non-hydrogen) atoms. The van der Waals surface area contributed by atoms with E-state index in [0.29, 0.717) is 16.1 Å². The number of carbonyl (C=O) groups is 1. The van der Waals surface area contributed by atoms with Gasteiger partial charge in [-0.05, 0) is 45.8 Å². The number of halogens is 6. The Morgan fingerprint density at radius 3 is 1.78 bits per heavy atom. The molecule has 2 N–H and O–H groups in total. The van der Waals surface area contributed by atoms with Crippen molar-refractivity contribution < 1.29 is 32.6 Å². The maximum Gasteiger partial charge on any atom is 0.336 e. The second-order valence-corrected chi connectivity index (χ2v) is 5.78. The molecule has 2 aromatic carbocycles. The molecule has 9 heteroatoms. The third kappa shape index (κ3) is 5.29.